The van der Waals surface area contributed by atoms with Gasteiger partial charge in [-0.15, -0.1) is 0 Å². The molecule has 0 radical (unpaired) electrons. The number of aliphatic hydroxyl groups excluding tert-OH is 1. The van der Waals surface area contributed by atoms with Gasteiger partial charge in [-0.1, -0.05) is 6.07 Å². The summed E-state index contributed by atoms with van der Waals surface area (Å²) in [7, 11) is 0. The Morgan fingerprint density at radius 1 is 1.29 bits per heavy atom. The number of fused-ring (bicyclic) bond motifs is 1. The van der Waals surface area contributed by atoms with Gasteiger partial charge < -0.3 is 19.7 Å². The number of piperidine rings is 1. The highest BCUT2D eigenvalue weighted by atomic mass is 19.1. The molecule has 116 valence electrons. The summed E-state index contributed by atoms with van der Waals surface area (Å²) in [5, 5.41) is 19.4. The molecule has 0 aliphatic carbocycles. The number of ether oxygens (including phenoxy) is 2. The number of halogens is 1. The van der Waals surface area contributed by atoms with E-state index in [4.69, 9.17) is 9.47 Å². The molecule has 2 aliphatic heterocycles. The number of aliphatic hydroxyl groups is 2. The van der Waals surface area contributed by atoms with E-state index in [-0.39, 0.29) is 12.4 Å². The van der Waals surface area contributed by atoms with Gasteiger partial charge in [-0.05, 0) is 25.5 Å². The Bertz CT molecular complexity index is 525. The van der Waals surface area contributed by atoms with Gasteiger partial charge in [0, 0.05) is 18.7 Å². The van der Waals surface area contributed by atoms with Crippen molar-refractivity contribution in [2.24, 2.45) is 0 Å². The molecule has 0 saturated carbocycles. The predicted octanol–water partition coefficient (Wildman–Crippen LogP) is 0.916. The molecule has 1 unspecified atom stereocenters. The molecule has 1 aromatic carbocycles. The molecule has 0 spiro atoms. The molecule has 0 aromatic heterocycles. The van der Waals surface area contributed by atoms with Gasteiger partial charge in [0.05, 0.1) is 6.61 Å². The number of hydrogen-bond acceptors (Lipinski definition) is 5. The summed E-state index contributed by atoms with van der Waals surface area (Å²) < 4.78 is 25.1. The molecule has 1 fully saturated rings. The fraction of sp³-hybridized carbons (Fsp3) is 0.600. The maximum atomic E-state index is 14.4. The zero-order valence-corrected chi connectivity index (χ0v) is 11.8. The molecule has 21 heavy (non-hydrogen) atoms. The minimum absolute atomic E-state index is 0.174. The second-order valence-corrected chi connectivity index (χ2v) is 5.76. The number of benzene rings is 1. The van der Waals surface area contributed by atoms with Gasteiger partial charge in [-0.3, -0.25) is 4.90 Å². The van der Waals surface area contributed by atoms with Crippen LogP contribution in [0.1, 0.15) is 18.4 Å². The maximum Gasteiger partial charge on any atom is 0.197 e. The van der Waals surface area contributed by atoms with Crippen LogP contribution in [0.25, 0.3) is 0 Å². The van der Waals surface area contributed by atoms with Crippen molar-refractivity contribution in [3.63, 3.8) is 0 Å². The van der Waals surface area contributed by atoms with E-state index in [0.717, 1.165) is 13.0 Å². The van der Waals surface area contributed by atoms with Crippen LogP contribution in [0.5, 0.6) is 11.5 Å². The summed E-state index contributed by atoms with van der Waals surface area (Å²) in [4.78, 5) is 1.95. The summed E-state index contributed by atoms with van der Waals surface area (Å²) in [5.74, 6) is 0.214. The van der Waals surface area contributed by atoms with Crippen LogP contribution in [-0.4, -0.2) is 53.6 Å². The maximum absolute atomic E-state index is 14.4. The quantitative estimate of drug-likeness (QED) is 0.868. The van der Waals surface area contributed by atoms with E-state index in [1.807, 2.05) is 4.90 Å². The molecule has 1 aromatic rings. The van der Waals surface area contributed by atoms with Crippen molar-refractivity contribution in [3.05, 3.63) is 23.5 Å². The number of hydrogen-bond donors (Lipinski definition) is 2. The summed E-state index contributed by atoms with van der Waals surface area (Å²) >= 11 is 0. The monoisotopic (exact) mass is 297 g/mol. The molecular formula is C15H20FNO4. The van der Waals surface area contributed by atoms with Gasteiger partial charge in [-0.2, -0.15) is 0 Å². The largest absolute Gasteiger partial charge is 0.486 e. The van der Waals surface area contributed by atoms with Crippen molar-refractivity contribution >= 4 is 0 Å². The van der Waals surface area contributed by atoms with Crippen LogP contribution in [0.3, 0.4) is 0 Å². The first-order valence-electron chi connectivity index (χ1n) is 7.24. The molecular weight excluding hydrogens is 277 g/mol. The lowest BCUT2D eigenvalue weighted by Crippen LogP contribution is -2.50. The second kappa shape index (κ2) is 5.79. The Morgan fingerprint density at radius 2 is 2.10 bits per heavy atom. The highest BCUT2D eigenvalue weighted by Gasteiger charge is 2.33. The molecule has 3 rings (SSSR count). The minimum Gasteiger partial charge on any atom is -0.486 e. The molecule has 2 N–H and O–H groups in total. The molecule has 1 atom stereocenters. The molecule has 1 saturated heterocycles. The van der Waals surface area contributed by atoms with Crippen LogP contribution in [-0.2, 0) is 6.54 Å². The smallest absolute Gasteiger partial charge is 0.197 e. The van der Waals surface area contributed by atoms with Gasteiger partial charge in [0.1, 0.15) is 18.8 Å². The summed E-state index contributed by atoms with van der Waals surface area (Å²) in [6.07, 6.45) is 1.35. The van der Waals surface area contributed by atoms with E-state index in [0.29, 0.717) is 44.0 Å². The normalized spacial score (nSPS) is 25.9. The third-order valence-electron chi connectivity index (χ3n) is 4.05. The number of nitrogens with zero attached hydrogens (tertiary/aromatic N) is 1. The van der Waals surface area contributed by atoms with Crippen LogP contribution in [0.2, 0.25) is 0 Å². The average Bonchev–Trinajstić information content (AvgIpc) is 2.51. The first-order chi connectivity index (χ1) is 10.1. The number of β-amino-alcohol motifs (C(OH)–C–C–N with tert-alkyl or cyclic N) is 1. The van der Waals surface area contributed by atoms with Gasteiger partial charge in [0.25, 0.3) is 0 Å². The number of likely N-dealkylation sites (tertiary alicyclic amines) is 1. The van der Waals surface area contributed by atoms with E-state index in [2.05, 4.69) is 0 Å². The Balaban J connectivity index is 1.76. The topological polar surface area (TPSA) is 62.2 Å². The number of rotatable bonds is 3. The molecule has 0 amide bonds. The highest BCUT2D eigenvalue weighted by Crippen LogP contribution is 2.35. The van der Waals surface area contributed by atoms with Gasteiger partial charge in [-0.25, -0.2) is 4.39 Å². The predicted molar refractivity (Wildman–Crippen MR) is 73.9 cm³/mol. The van der Waals surface area contributed by atoms with Crippen molar-refractivity contribution < 1.29 is 24.1 Å². The lowest BCUT2D eigenvalue weighted by molar-refractivity contribution is -0.0689. The van der Waals surface area contributed by atoms with Gasteiger partial charge >= 0.3 is 0 Å². The van der Waals surface area contributed by atoms with E-state index >= 15 is 0 Å². The Hall–Kier alpha value is -1.37. The first kappa shape index (κ1) is 14.6. The molecule has 2 aliphatic rings. The summed E-state index contributed by atoms with van der Waals surface area (Å²) in [5.41, 5.74) is -0.566. The third-order valence-corrected chi connectivity index (χ3v) is 4.05. The zero-order chi connectivity index (χ0) is 14.9. The van der Waals surface area contributed by atoms with Gasteiger partial charge in [0.2, 0.25) is 0 Å². The van der Waals surface area contributed by atoms with Crippen molar-refractivity contribution in [2.45, 2.75) is 25.0 Å². The lowest BCUT2D eigenvalue weighted by atomic mass is 9.93. The van der Waals surface area contributed by atoms with Crippen LogP contribution in [0.15, 0.2) is 12.1 Å². The Morgan fingerprint density at radius 3 is 2.90 bits per heavy atom. The van der Waals surface area contributed by atoms with E-state index in [1.54, 1.807) is 12.1 Å². The van der Waals surface area contributed by atoms with Gasteiger partial charge in [0.15, 0.2) is 17.3 Å². The standard InChI is InChI=1S/C15H20FNO4/c16-13-11(2-3-12-14(13)21-7-6-20-12)8-17-5-1-4-15(19,9-17)10-18/h2-3,18-19H,1,4-10H2. The third kappa shape index (κ3) is 2.97. The Kier molecular flexibility index (Phi) is 4.01. The molecule has 5 nitrogen and oxygen atoms in total. The molecule has 0 bridgehead atoms. The molecule has 6 heteroatoms. The van der Waals surface area contributed by atoms with Crippen molar-refractivity contribution in [1.82, 2.24) is 4.90 Å². The summed E-state index contributed by atoms with van der Waals surface area (Å²) in [6, 6.07) is 3.41. The fourth-order valence-corrected chi connectivity index (χ4v) is 2.96. The van der Waals surface area contributed by atoms with Crippen molar-refractivity contribution in [2.75, 3.05) is 32.9 Å². The van der Waals surface area contributed by atoms with Crippen LogP contribution in [0, 0.1) is 5.82 Å². The highest BCUT2D eigenvalue weighted by molar-refractivity contribution is 5.45. The summed E-state index contributed by atoms with van der Waals surface area (Å²) in [6.45, 7) is 2.01. The van der Waals surface area contributed by atoms with Crippen LogP contribution < -0.4 is 9.47 Å². The van der Waals surface area contributed by atoms with Crippen LogP contribution in [0.4, 0.5) is 4.39 Å². The fourth-order valence-electron chi connectivity index (χ4n) is 2.96. The van der Waals surface area contributed by atoms with E-state index < -0.39 is 11.4 Å². The van der Waals surface area contributed by atoms with Crippen LogP contribution >= 0.6 is 0 Å². The van der Waals surface area contributed by atoms with Crippen molar-refractivity contribution in [1.29, 1.82) is 0 Å². The average molecular weight is 297 g/mol. The minimum atomic E-state index is -1.08. The van der Waals surface area contributed by atoms with E-state index in [1.165, 1.54) is 0 Å². The van der Waals surface area contributed by atoms with E-state index in [9.17, 15) is 14.6 Å². The Labute approximate surface area is 122 Å². The molecule has 2 heterocycles. The lowest BCUT2D eigenvalue weighted by Gasteiger charge is -2.38. The first-order valence-corrected chi connectivity index (χ1v) is 7.24. The second-order valence-electron chi connectivity index (χ2n) is 5.76. The van der Waals surface area contributed by atoms with Crippen molar-refractivity contribution in [3.8, 4) is 11.5 Å². The SMILES string of the molecule is OCC1(O)CCCN(Cc2ccc3c(c2F)OCCO3)C1. The zero-order valence-electron chi connectivity index (χ0n) is 11.8.